The van der Waals surface area contributed by atoms with Crippen molar-refractivity contribution in [3.63, 3.8) is 0 Å². The van der Waals surface area contributed by atoms with Crippen molar-refractivity contribution in [2.45, 2.75) is 39.3 Å². The predicted molar refractivity (Wildman–Crippen MR) is 70.8 cm³/mol. The minimum Gasteiger partial charge on any atom is -0.480 e. The molecular formula is C12H23N3O4. The van der Waals surface area contributed by atoms with Crippen molar-refractivity contribution in [3.8, 4) is 0 Å². The number of amides is 3. The Hall–Kier alpha value is -1.79. The van der Waals surface area contributed by atoms with Crippen LogP contribution in [0.3, 0.4) is 0 Å². The second-order valence-corrected chi connectivity index (χ2v) is 5.01. The number of likely N-dealkylation sites (N-methyl/N-ethyl adjacent to an activating group) is 2. The fourth-order valence-electron chi connectivity index (χ4n) is 1.62. The first-order valence-corrected chi connectivity index (χ1v) is 6.08. The first-order valence-electron chi connectivity index (χ1n) is 6.08. The Balaban J connectivity index is 4.89. The van der Waals surface area contributed by atoms with Gasteiger partial charge in [0.2, 0.25) is 5.91 Å². The summed E-state index contributed by atoms with van der Waals surface area (Å²) in [5.41, 5.74) is -1.33. The molecule has 0 radical (unpaired) electrons. The van der Waals surface area contributed by atoms with Crippen LogP contribution in [0.4, 0.5) is 4.79 Å². The van der Waals surface area contributed by atoms with E-state index in [-0.39, 0.29) is 12.5 Å². The smallest absolute Gasteiger partial charge is 0.329 e. The summed E-state index contributed by atoms with van der Waals surface area (Å²) in [5.74, 6) is -1.35. The Kier molecular flexibility index (Phi) is 5.80. The van der Waals surface area contributed by atoms with Gasteiger partial charge < -0.3 is 20.2 Å². The second-order valence-electron chi connectivity index (χ2n) is 5.01. The van der Waals surface area contributed by atoms with Crippen molar-refractivity contribution in [3.05, 3.63) is 0 Å². The Morgan fingerprint density at radius 2 is 1.74 bits per heavy atom. The zero-order valence-corrected chi connectivity index (χ0v) is 12.4. The lowest BCUT2D eigenvalue weighted by molar-refractivity contribution is -0.147. The summed E-state index contributed by atoms with van der Waals surface area (Å²) in [6.07, 6.45) is 0. The Labute approximate surface area is 113 Å². The molecule has 7 nitrogen and oxygen atoms in total. The van der Waals surface area contributed by atoms with E-state index in [4.69, 9.17) is 5.11 Å². The topological polar surface area (TPSA) is 90.0 Å². The Morgan fingerprint density at radius 3 is 2.05 bits per heavy atom. The number of aliphatic carboxylic acids is 1. The maximum atomic E-state index is 12.0. The number of carboxylic acids is 1. The quantitative estimate of drug-likeness (QED) is 0.756. The van der Waals surface area contributed by atoms with E-state index in [1.54, 1.807) is 27.9 Å². The van der Waals surface area contributed by atoms with E-state index >= 15 is 0 Å². The third kappa shape index (κ3) is 4.11. The van der Waals surface area contributed by atoms with Gasteiger partial charge >= 0.3 is 12.0 Å². The number of rotatable bonds is 5. The average molecular weight is 273 g/mol. The molecule has 2 N–H and O–H groups in total. The molecule has 0 spiro atoms. The number of carbonyl (C=O) groups excluding carboxylic acids is 2. The molecule has 7 heteroatoms. The Bertz CT molecular complexity index is 366. The van der Waals surface area contributed by atoms with Crippen LogP contribution in [0, 0.1) is 0 Å². The monoisotopic (exact) mass is 273 g/mol. The molecule has 0 aromatic rings. The van der Waals surface area contributed by atoms with E-state index in [1.807, 2.05) is 0 Å². The molecule has 19 heavy (non-hydrogen) atoms. The standard InChI is InChI=1S/C12H23N3O4/c1-7-15(12(3,4)10(17)18)11(19)13-8(2)9(16)14(5)6/h8H,7H2,1-6H3,(H,13,19)(H,17,18). The SMILES string of the molecule is CCN(C(=O)NC(C)C(=O)N(C)C)C(C)(C)C(=O)O. The fourth-order valence-corrected chi connectivity index (χ4v) is 1.62. The van der Waals surface area contributed by atoms with Crippen LogP contribution in [-0.4, -0.2) is 65.0 Å². The van der Waals surface area contributed by atoms with Gasteiger partial charge in [0.25, 0.3) is 0 Å². The number of hydrogen-bond donors (Lipinski definition) is 2. The minimum atomic E-state index is -1.33. The molecule has 0 rings (SSSR count). The van der Waals surface area contributed by atoms with E-state index in [0.717, 1.165) is 0 Å². The molecule has 0 bridgehead atoms. The number of carbonyl (C=O) groups is 3. The third-order valence-corrected chi connectivity index (χ3v) is 2.91. The van der Waals surface area contributed by atoms with Gasteiger partial charge in [-0.3, -0.25) is 4.79 Å². The van der Waals surface area contributed by atoms with Crippen molar-refractivity contribution in [1.29, 1.82) is 0 Å². The molecular weight excluding hydrogens is 250 g/mol. The highest BCUT2D eigenvalue weighted by Gasteiger charge is 2.37. The molecule has 0 fully saturated rings. The van der Waals surface area contributed by atoms with Crippen LogP contribution in [-0.2, 0) is 9.59 Å². The van der Waals surface area contributed by atoms with Crippen molar-refractivity contribution in [1.82, 2.24) is 15.1 Å². The summed E-state index contributed by atoms with van der Waals surface area (Å²) < 4.78 is 0. The van der Waals surface area contributed by atoms with Crippen LogP contribution < -0.4 is 5.32 Å². The normalized spacial score (nSPS) is 12.5. The van der Waals surface area contributed by atoms with Crippen LogP contribution >= 0.6 is 0 Å². The highest BCUT2D eigenvalue weighted by atomic mass is 16.4. The summed E-state index contributed by atoms with van der Waals surface area (Å²) >= 11 is 0. The summed E-state index contributed by atoms with van der Waals surface area (Å²) in [7, 11) is 3.17. The molecule has 0 saturated carbocycles. The predicted octanol–water partition coefficient (Wildman–Crippen LogP) is 0.358. The molecule has 0 aliphatic carbocycles. The minimum absolute atomic E-state index is 0.230. The number of hydrogen-bond acceptors (Lipinski definition) is 3. The summed E-state index contributed by atoms with van der Waals surface area (Å²) in [4.78, 5) is 37.4. The van der Waals surface area contributed by atoms with Gasteiger partial charge in [-0.2, -0.15) is 0 Å². The van der Waals surface area contributed by atoms with Gasteiger partial charge in [0.15, 0.2) is 0 Å². The molecule has 0 saturated heterocycles. The number of nitrogens with one attached hydrogen (secondary N) is 1. The highest BCUT2D eigenvalue weighted by molar-refractivity contribution is 5.89. The summed E-state index contributed by atoms with van der Waals surface area (Å²) in [6.45, 7) is 6.35. The third-order valence-electron chi connectivity index (χ3n) is 2.91. The molecule has 110 valence electrons. The van der Waals surface area contributed by atoms with Crippen molar-refractivity contribution >= 4 is 17.9 Å². The van der Waals surface area contributed by atoms with Gasteiger partial charge in [0, 0.05) is 20.6 Å². The maximum Gasteiger partial charge on any atom is 0.329 e. The van der Waals surface area contributed by atoms with E-state index < -0.39 is 23.6 Å². The average Bonchev–Trinajstić information content (AvgIpc) is 2.27. The molecule has 1 unspecified atom stereocenters. The van der Waals surface area contributed by atoms with Gasteiger partial charge in [-0.25, -0.2) is 9.59 Å². The number of urea groups is 1. The van der Waals surface area contributed by atoms with Crippen LogP contribution in [0.25, 0.3) is 0 Å². The second kappa shape index (κ2) is 6.40. The zero-order chi connectivity index (χ0) is 15.4. The molecule has 0 aromatic heterocycles. The Morgan fingerprint density at radius 1 is 1.26 bits per heavy atom. The first-order chi connectivity index (χ1) is 8.55. The fraction of sp³-hybridized carbons (Fsp3) is 0.750. The molecule has 0 heterocycles. The largest absolute Gasteiger partial charge is 0.480 e. The van der Waals surface area contributed by atoms with E-state index in [0.29, 0.717) is 0 Å². The number of nitrogens with zero attached hydrogens (tertiary/aromatic N) is 2. The van der Waals surface area contributed by atoms with E-state index in [2.05, 4.69) is 5.32 Å². The van der Waals surface area contributed by atoms with Crippen molar-refractivity contribution in [2.24, 2.45) is 0 Å². The van der Waals surface area contributed by atoms with E-state index in [1.165, 1.54) is 23.6 Å². The van der Waals surface area contributed by atoms with Crippen LogP contribution in [0.1, 0.15) is 27.7 Å². The van der Waals surface area contributed by atoms with Gasteiger partial charge in [0.05, 0.1) is 0 Å². The molecule has 0 aliphatic rings. The van der Waals surface area contributed by atoms with E-state index in [9.17, 15) is 14.4 Å². The molecule has 3 amide bonds. The lowest BCUT2D eigenvalue weighted by Crippen LogP contribution is -2.58. The lowest BCUT2D eigenvalue weighted by Gasteiger charge is -2.35. The van der Waals surface area contributed by atoms with Crippen LogP contribution in [0.2, 0.25) is 0 Å². The van der Waals surface area contributed by atoms with Gasteiger partial charge in [0.1, 0.15) is 11.6 Å². The zero-order valence-electron chi connectivity index (χ0n) is 12.4. The van der Waals surface area contributed by atoms with Crippen molar-refractivity contribution in [2.75, 3.05) is 20.6 Å². The summed E-state index contributed by atoms with van der Waals surface area (Å²) in [5, 5.41) is 11.6. The highest BCUT2D eigenvalue weighted by Crippen LogP contribution is 2.14. The van der Waals surface area contributed by atoms with Gasteiger partial charge in [-0.05, 0) is 27.7 Å². The molecule has 1 atom stereocenters. The van der Waals surface area contributed by atoms with Gasteiger partial charge in [-0.1, -0.05) is 0 Å². The van der Waals surface area contributed by atoms with Crippen molar-refractivity contribution < 1.29 is 19.5 Å². The van der Waals surface area contributed by atoms with Crippen LogP contribution in [0.15, 0.2) is 0 Å². The molecule has 0 aliphatic heterocycles. The first kappa shape index (κ1) is 17.2. The maximum absolute atomic E-state index is 12.0. The lowest BCUT2D eigenvalue weighted by atomic mass is 10.0. The van der Waals surface area contributed by atoms with Gasteiger partial charge in [-0.15, -0.1) is 0 Å². The molecule has 0 aromatic carbocycles. The number of carboxylic acid groups (broad SMARTS) is 1. The summed E-state index contributed by atoms with van der Waals surface area (Å²) in [6, 6.07) is -1.28. The van der Waals surface area contributed by atoms with Crippen LogP contribution in [0.5, 0.6) is 0 Å².